The van der Waals surface area contributed by atoms with Crippen LogP contribution >= 0.6 is 11.3 Å². The Morgan fingerprint density at radius 3 is 2.37 bits per heavy atom. The van der Waals surface area contributed by atoms with Gasteiger partial charge in [0.1, 0.15) is 0 Å². The van der Waals surface area contributed by atoms with Crippen molar-refractivity contribution < 1.29 is 13.2 Å². The van der Waals surface area contributed by atoms with E-state index in [0.717, 1.165) is 10.2 Å². The third-order valence-electron chi connectivity index (χ3n) is 5.28. The third-order valence-corrected chi connectivity index (χ3v) is 8.18. The summed E-state index contributed by atoms with van der Waals surface area (Å²) in [6.07, 6.45) is 6.56. The Labute approximate surface area is 208 Å². The Morgan fingerprint density at radius 2 is 1.74 bits per heavy atom. The molecule has 4 rings (SSSR count). The van der Waals surface area contributed by atoms with Crippen LogP contribution in [0.2, 0.25) is 0 Å². The number of thiazole rings is 1. The van der Waals surface area contributed by atoms with Crippen molar-refractivity contribution >= 4 is 42.6 Å². The van der Waals surface area contributed by atoms with Crippen LogP contribution in [0.1, 0.15) is 10.4 Å². The van der Waals surface area contributed by atoms with Crippen LogP contribution in [0.5, 0.6) is 0 Å². The average Bonchev–Trinajstić information content (AvgIpc) is 3.54. The predicted molar refractivity (Wildman–Crippen MR) is 139 cm³/mol. The number of nitrogens with zero attached hydrogens (tertiary/aromatic N) is 5. The van der Waals surface area contributed by atoms with E-state index < -0.39 is 10.0 Å². The lowest BCUT2D eigenvalue weighted by atomic mass is 10.2. The standard InChI is InChI=1S/C25H25N5O3S2/c1-3-15-29(16-4-2)35(32,33)21-12-10-20(11-13-21)24(31)30(19-18-28-17-7-14-26-28)25-27-22-8-5-6-9-23(22)34-25/h3-14,17H,1-2,15-16,18-19H2. The summed E-state index contributed by atoms with van der Waals surface area (Å²) in [6.45, 7) is 8.41. The highest BCUT2D eigenvalue weighted by Crippen LogP contribution is 2.30. The first-order valence-electron chi connectivity index (χ1n) is 10.9. The zero-order valence-corrected chi connectivity index (χ0v) is 20.7. The molecule has 2 heterocycles. The van der Waals surface area contributed by atoms with Crippen LogP contribution in [0.25, 0.3) is 10.2 Å². The summed E-state index contributed by atoms with van der Waals surface area (Å²) in [6, 6.07) is 15.5. The van der Waals surface area contributed by atoms with Gasteiger partial charge in [0.25, 0.3) is 5.91 Å². The van der Waals surface area contributed by atoms with Crippen molar-refractivity contribution in [1.29, 1.82) is 0 Å². The van der Waals surface area contributed by atoms with Crippen molar-refractivity contribution in [3.8, 4) is 0 Å². The maximum absolute atomic E-state index is 13.6. The highest BCUT2D eigenvalue weighted by atomic mass is 32.2. The van der Waals surface area contributed by atoms with Gasteiger partial charge in [-0.25, -0.2) is 13.4 Å². The summed E-state index contributed by atoms with van der Waals surface area (Å²) in [5, 5.41) is 4.79. The molecule has 0 unspecified atom stereocenters. The van der Waals surface area contributed by atoms with Gasteiger partial charge in [0.2, 0.25) is 10.0 Å². The van der Waals surface area contributed by atoms with Crippen LogP contribution in [0.15, 0.2) is 97.2 Å². The van der Waals surface area contributed by atoms with Crippen molar-refractivity contribution in [3.63, 3.8) is 0 Å². The fraction of sp³-hybridized carbons (Fsp3) is 0.160. The number of para-hydroxylation sites is 1. The molecule has 0 saturated carbocycles. The number of benzene rings is 2. The minimum Gasteiger partial charge on any atom is -0.282 e. The van der Waals surface area contributed by atoms with Gasteiger partial charge in [-0.1, -0.05) is 35.6 Å². The molecule has 0 spiro atoms. The first-order valence-corrected chi connectivity index (χ1v) is 13.2. The van der Waals surface area contributed by atoms with Gasteiger partial charge in [0, 0.05) is 37.6 Å². The summed E-state index contributed by atoms with van der Waals surface area (Å²) in [5.41, 5.74) is 1.18. The second-order valence-electron chi connectivity index (χ2n) is 7.61. The van der Waals surface area contributed by atoms with E-state index in [2.05, 4.69) is 23.2 Å². The third kappa shape index (κ3) is 5.40. The Balaban J connectivity index is 1.63. The van der Waals surface area contributed by atoms with Gasteiger partial charge in [-0.15, -0.1) is 13.2 Å². The summed E-state index contributed by atoms with van der Waals surface area (Å²) in [4.78, 5) is 19.9. The number of hydrogen-bond acceptors (Lipinski definition) is 6. The average molecular weight is 508 g/mol. The predicted octanol–water partition coefficient (Wildman–Crippen LogP) is 4.20. The number of carbonyl (C=O) groups is 1. The summed E-state index contributed by atoms with van der Waals surface area (Å²) < 4.78 is 30.0. The Bertz CT molecular complexity index is 1380. The molecule has 2 aromatic carbocycles. The maximum Gasteiger partial charge on any atom is 0.260 e. The zero-order chi connectivity index (χ0) is 24.8. The lowest BCUT2D eigenvalue weighted by Gasteiger charge is -2.21. The number of amides is 1. The minimum atomic E-state index is -3.75. The van der Waals surface area contributed by atoms with E-state index in [1.54, 1.807) is 15.8 Å². The molecular formula is C25H25N5O3S2. The molecule has 0 N–H and O–H groups in total. The molecule has 0 aliphatic carbocycles. The van der Waals surface area contributed by atoms with Crippen LogP contribution in [-0.4, -0.2) is 53.0 Å². The van der Waals surface area contributed by atoms with Crippen LogP contribution in [0.3, 0.4) is 0 Å². The van der Waals surface area contributed by atoms with Crippen LogP contribution in [0, 0.1) is 0 Å². The van der Waals surface area contributed by atoms with E-state index in [1.165, 1.54) is 52.1 Å². The van der Waals surface area contributed by atoms with Gasteiger partial charge < -0.3 is 0 Å². The SMILES string of the molecule is C=CCN(CC=C)S(=O)(=O)c1ccc(C(=O)N(CCn2cccn2)c2nc3ccccc3s2)cc1. The van der Waals surface area contributed by atoms with Gasteiger partial charge in [0.05, 0.1) is 21.7 Å². The molecule has 0 atom stereocenters. The molecule has 0 fully saturated rings. The fourth-order valence-corrected chi connectivity index (χ4v) is 5.90. The minimum absolute atomic E-state index is 0.0980. The molecule has 8 nitrogen and oxygen atoms in total. The van der Waals surface area contributed by atoms with Crippen molar-refractivity contribution in [2.75, 3.05) is 24.5 Å². The Hall–Kier alpha value is -3.60. The largest absolute Gasteiger partial charge is 0.282 e. The maximum atomic E-state index is 13.6. The molecular weight excluding hydrogens is 482 g/mol. The van der Waals surface area contributed by atoms with Gasteiger partial charge in [-0.05, 0) is 42.5 Å². The van der Waals surface area contributed by atoms with Gasteiger partial charge in [-0.2, -0.15) is 9.40 Å². The number of sulfonamides is 1. The van der Waals surface area contributed by atoms with Gasteiger partial charge in [-0.3, -0.25) is 14.4 Å². The number of hydrogen-bond donors (Lipinski definition) is 0. The molecule has 1 amide bonds. The second kappa shape index (κ2) is 10.8. The van der Waals surface area contributed by atoms with Crippen molar-refractivity contribution in [2.24, 2.45) is 0 Å². The first kappa shape index (κ1) is 24.5. The summed E-state index contributed by atoms with van der Waals surface area (Å²) in [7, 11) is -3.75. The highest BCUT2D eigenvalue weighted by Gasteiger charge is 2.25. The number of aromatic nitrogens is 3. The van der Waals surface area contributed by atoms with E-state index in [1.807, 2.05) is 36.5 Å². The molecule has 35 heavy (non-hydrogen) atoms. The Morgan fingerprint density at radius 1 is 1.03 bits per heavy atom. The quantitative estimate of drug-likeness (QED) is 0.284. The van der Waals surface area contributed by atoms with Crippen LogP contribution in [-0.2, 0) is 16.6 Å². The zero-order valence-electron chi connectivity index (χ0n) is 19.0. The van der Waals surface area contributed by atoms with Crippen molar-refractivity contribution in [2.45, 2.75) is 11.4 Å². The molecule has 4 aromatic rings. The highest BCUT2D eigenvalue weighted by molar-refractivity contribution is 7.89. The van der Waals surface area contributed by atoms with Crippen molar-refractivity contribution in [1.82, 2.24) is 19.1 Å². The number of rotatable bonds is 11. The molecule has 0 radical (unpaired) electrons. The number of carbonyl (C=O) groups excluding carboxylic acids is 1. The molecule has 0 aliphatic heterocycles. The van der Waals surface area contributed by atoms with Crippen LogP contribution in [0.4, 0.5) is 5.13 Å². The summed E-state index contributed by atoms with van der Waals surface area (Å²) in [5.74, 6) is -0.269. The second-order valence-corrected chi connectivity index (χ2v) is 10.6. The molecule has 2 aromatic heterocycles. The molecule has 0 saturated heterocycles. The molecule has 10 heteroatoms. The lowest BCUT2D eigenvalue weighted by Crippen LogP contribution is -2.34. The van der Waals surface area contributed by atoms with Gasteiger partial charge >= 0.3 is 0 Å². The Kier molecular flexibility index (Phi) is 7.54. The van der Waals surface area contributed by atoms with E-state index in [9.17, 15) is 13.2 Å². The number of anilines is 1. The summed E-state index contributed by atoms with van der Waals surface area (Å²) >= 11 is 1.43. The van der Waals surface area contributed by atoms with E-state index in [4.69, 9.17) is 0 Å². The normalized spacial score (nSPS) is 11.6. The molecule has 180 valence electrons. The van der Waals surface area contributed by atoms with E-state index in [0.29, 0.717) is 23.8 Å². The number of fused-ring (bicyclic) bond motifs is 1. The van der Waals surface area contributed by atoms with E-state index in [-0.39, 0.29) is 23.9 Å². The lowest BCUT2D eigenvalue weighted by molar-refractivity contribution is 0.0985. The van der Waals surface area contributed by atoms with Crippen molar-refractivity contribution in [3.05, 3.63) is 97.9 Å². The van der Waals surface area contributed by atoms with Gasteiger partial charge in [0.15, 0.2) is 5.13 Å². The monoisotopic (exact) mass is 507 g/mol. The van der Waals surface area contributed by atoms with E-state index >= 15 is 0 Å². The molecule has 0 bridgehead atoms. The fourth-order valence-electron chi connectivity index (χ4n) is 3.53. The van der Waals surface area contributed by atoms with Crippen LogP contribution < -0.4 is 4.90 Å². The topological polar surface area (TPSA) is 88.4 Å². The first-order chi connectivity index (χ1) is 16.9. The molecule has 0 aliphatic rings. The smallest absolute Gasteiger partial charge is 0.260 e.